The van der Waals surface area contributed by atoms with Gasteiger partial charge in [-0.15, -0.1) is 11.3 Å². The summed E-state index contributed by atoms with van der Waals surface area (Å²) in [4.78, 5) is 33.8. The zero-order valence-corrected chi connectivity index (χ0v) is 30.9. The van der Waals surface area contributed by atoms with Crippen LogP contribution >= 0.6 is 22.9 Å². The zero-order valence-electron chi connectivity index (χ0n) is 29.4. The molecule has 1 amide bonds. The quantitative estimate of drug-likeness (QED) is 0.165. The Labute approximate surface area is 307 Å². The number of ether oxygens (including phenoxy) is 1. The topological polar surface area (TPSA) is 142 Å². The fourth-order valence-electron chi connectivity index (χ4n) is 6.08. The van der Waals surface area contributed by atoms with Crippen molar-refractivity contribution in [2.45, 2.75) is 52.6 Å². The maximum atomic E-state index is 13.7. The largest absolute Gasteiger partial charge is 0.492 e. The van der Waals surface area contributed by atoms with E-state index in [2.05, 4.69) is 51.3 Å². The van der Waals surface area contributed by atoms with E-state index in [-0.39, 0.29) is 11.3 Å². The van der Waals surface area contributed by atoms with Gasteiger partial charge in [0, 0.05) is 56.2 Å². The van der Waals surface area contributed by atoms with Gasteiger partial charge in [0.05, 0.1) is 22.4 Å². The number of aliphatic hydroxyl groups excluding tert-OH is 2. The third kappa shape index (κ3) is 8.60. The molecule has 13 nitrogen and oxygen atoms in total. The molecule has 2 atom stereocenters. The van der Waals surface area contributed by atoms with Crippen LogP contribution in [0.4, 0.5) is 23.0 Å². The predicted molar refractivity (Wildman–Crippen MR) is 202 cm³/mol. The third-order valence-electron chi connectivity index (χ3n) is 8.75. The molecular formula is C36H44ClN9O4S. The summed E-state index contributed by atoms with van der Waals surface area (Å²) in [7, 11) is 0. The molecule has 51 heavy (non-hydrogen) atoms. The Kier molecular flexibility index (Phi) is 11.1. The van der Waals surface area contributed by atoms with Gasteiger partial charge in [-0.1, -0.05) is 44.5 Å². The number of hydrogen-bond donors (Lipinski definition) is 4. The van der Waals surface area contributed by atoms with E-state index in [0.29, 0.717) is 33.8 Å². The average molecular weight is 734 g/mol. The van der Waals surface area contributed by atoms with E-state index in [0.717, 1.165) is 61.1 Å². The summed E-state index contributed by atoms with van der Waals surface area (Å²) >= 11 is 7.87. The maximum Gasteiger partial charge on any atom is 0.288 e. The molecule has 4 N–H and O–H groups in total. The Balaban J connectivity index is 1.09. The van der Waals surface area contributed by atoms with Gasteiger partial charge in [0.1, 0.15) is 35.1 Å². The maximum absolute atomic E-state index is 13.7. The van der Waals surface area contributed by atoms with Crippen LogP contribution < -0.4 is 30.3 Å². The number of aryl methyl sites for hydroxylation is 2. The molecule has 0 saturated carbocycles. The number of rotatable bonds is 10. The highest BCUT2D eigenvalue weighted by Gasteiger charge is 2.27. The second-order valence-electron chi connectivity index (χ2n) is 13.5. The molecule has 0 aliphatic carbocycles. The number of nitrogens with zero attached hydrogens (tertiary/aromatic N) is 7. The Morgan fingerprint density at radius 3 is 2.59 bits per heavy atom. The first kappa shape index (κ1) is 36.5. The van der Waals surface area contributed by atoms with Gasteiger partial charge in [0.15, 0.2) is 12.2 Å². The normalized spacial score (nSPS) is 18.2. The summed E-state index contributed by atoms with van der Waals surface area (Å²) in [5, 5.41) is 24.8. The fraction of sp³-hybridized carbons (Fsp3) is 0.389. The lowest BCUT2D eigenvalue weighted by Crippen LogP contribution is -2.50. The molecule has 2 aromatic carbocycles. The van der Waals surface area contributed by atoms with Crippen LogP contribution in [-0.4, -0.2) is 87.9 Å². The van der Waals surface area contributed by atoms with Gasteiger partial charge in [-0.25, -0.2) is 20.3 Å². The molecule has 1 fully saturated rings. The van der Waals surface area contributed by atoms with Gasteiger partial charge < -0.3 is 24.7 Å². The van der Waals surface area contributed by atoms with Gasteiger partial charge in [-0.2, -0.15) is 0 Å². The standard InChI is InChI=1S/C36H44ClN9O4S/c1-23-7-6-8-27(37)33(23)46(34(48)29-21-38-22-51-29)42-30-20-31(40-24(2)39-30)44-15-13-43(14-16-44)17-18-50-28-10-9-25(19-26(28)36(3,4)5)45-12-11-32(47)41-35(45)49/h6-12,19-22,32,35,41,47,49H,13-18H2,1-5H3,(H,39,40,42). The van der Waals surface area contributed by atoms with E-state index in [1.165, 1.54) is 16.3 Å². The molecule has 270 valence electrons. The van der Waals surface area contributed by atoms with Crippen LogP contribution in [0.25, 0.3) is 0 Å². The van der Waals surface area contributed by atoms with E-state index >= 15 is 0 Å². The van der Waals surface area contributed by atoms with Crippen LogP contribution in [0.1, 0.15) is 47.4 Å². The smallest absolute Gasteiger partial charge is 0.288 e. The summed E-state index contributed by atoms with van der Waals surface area (Å²) in [5.41, 5.74) is 7.84. The van der Waals surface area contributed by atoms with Crippen molar-refractivity contribution in [1.29, 1.82) is 0 Å². The number of anilines is 4. The van der Waals surface area contributed by atoms with E-state index < -0.39 is 12.6 Å². The average Bonchev–Trinajstić information content (AvgIpc) is 3.63. The monoisotopic (exact) mass is 733 g/mol. The number of halogens is 1. The van der Waals surface area contributed by atoms with Gasteiger partial charge in [0.2, 0.25) is 0 Å². The third-order valence-corrected chi connectivity index (χ3v) is 9.82. The first-order valence-corrected chi connectivity index (χ1v) is 18.1. The van der Waals surface area contributed by atoms with Crippen molar-refractivity contribution in [2.75, 3.05) is 59.6 Å². The SMILES string of the molecule is Cc1nc(NN(C(=O)c2cncs2)c2c(C)cccc2Cl)cc(N2CCN(CCOc3ccc(N4C=CC(O)NC4O)cc3C(C)(C)C)CC2)n1. The van der Waals surface area contributed by atoms with E-state index in [4.69, 9.17) is 21.3 Å². The van der Waals surface area contributed by atoms with Gasteiger partial charge >= 0.3 is 0 Å². The lowest BCUT2D eigenvalue weighted by atomic mass is 9.86. The second-order valence-corrected chi connectivity index (χ2v) is 14.8. The number of amides is 1. The number of hydrazine groups is 1. The zero-order chi connectivity index (χ0) is 36.3. The molecule has 2 aliphatic heterocycles. The second kappa shape index (κ2) is 15.5. The van der Waals surface area contributed by atoms with E-state index in [1.54, 1.807) is 34.9 Å². The minimum Gasteiger partial charge on any atom is -0.492 e. The number of hydrogen-bond acceptors (Lipinski definition) is 13. The Bertz CT molecular complexity index is 1840. The van der Waals surface area contributed by atoms with Crippen molar-refractivity contribution < 1.29 is 19.7 Å². The van der Waals surface area contributed by atoms with Crippen molar-refractivity contribution in [3.8, 4) is 5.75 Å². The number of aliphatic hydroxyl groups is 2. The minimum absolute atomic E-state index is 0.199. The minimum atomic E-state index is -1.04. The number of aromatic nitrogens is 3. The van der Waals surface area contributed by atoms with Crippen molar-refractivity contribution in [3.63, 3.8) is 0 Å². The molecule has 4 aromatic rings. The number of carbonyl (C=O) groups is 1. The fourth-order valence-corrected chi connectivity index (χ4v) is 6.93. The van der Waals surface area contributed by atoms with Crippen LogP contribution in [-0.2, 0) is 5.41 Å². The molecule has 15 heteroatoms. The summed E-state index contributed by atoms with van der Waals surface area (Å²) < 4.78 is 6.35. The van der Waals surface area contributed by atoms with Crippen LogP contribution in [0, 0.1) is 13.8 Å². The highest BCUT2D eigenvalue weighted by atomic mass is 35.5. The highest BCUT2D eigenvalue weighted by molar-refractivity contribution is 7.11. The first-order chi connectivity index (χ1) is 24.4. The molecule has 4 heterocycles. The molecule has 0 bridgehead atoms. The van der Waals surface area contributed by atoms with E-state index in [9.17, 15) is 15.0 Å². The summed E-state index contributed by atoms with van der Waals surface area (Å²) in [6.07, 6.45) is 2.87. The first-order valence-electron chi connectivity index (χ1n) is 16.8. The summed E-state index contributed by atoms with van der Waals surface area (Å²) in [6, 6.07) is 13.3. The van der Waals surface area contributed by atoms with Crippen LogP contribution in [0.2, 0.25) is 5.02 Å². The van der Waals surface area contributed by atoms with Gasteiger partial charge in [0.25, 0.3) is 5.91 Å². The van der Waals surface area contributed by atoms with Crippen molar-refractivity contribution in [2.24, 2.45) is 0 Å². The van der Waals surface area contributed by atoms with Crippen molar-refractivity contribution >= 4 is 51.9 Å². The summed E-state index contributed by atoms with van der Waals surface area (Å²) in [6.45, 7) is 14.6. The number of carbonyl (C=O) groups excluding carboxylic acids is 1. The lowest BCUT2D eigenvalue weighted by Gasteiger charge is -2.36. The van der Waals surface area contributed by atoms with Crippen LogP contribution in [0.3, 0.4) is 0 Å². The summed E-state index contributed by atoms with van der Waals surface area (Å²) in [5.74, 6) is 2.34. The molecule has 2 aromatic heterocycles. The Hall–Kier alpha value is -4.31. The molecule has 6 rings (SSSR count). The van der Waals surface area contributed by atoms with Crippen molar-refractivity contribution in [1.82, 2.24) is 25.2 Å². The van der Waals surface area contributed by atoms with Gasteiger partial charge in [-0.3, -0.25) is 20.1 Å². The highest BCUT2D eigenvalue weighted by Crippen LogP contribution is 2.36. The molecule has 2 unspecified atom stereocenters. The van der Waals surface area contributed by atoms with Gasteiger partial charge in [-0.05, 0) is 55.2 Å². The molecule has 0 spiro atoms. The number of para-hydroxylation sites is 1. The Morgan fingerprint density at radius 2 is 1.90 bits per heavy atom. The predicted octanol–water partition coefficient (Wildman–Crippen LogP) is 4.89. The molecule has 1 saturated heterocycles. The Morgan fingerprint density at radius 1 is 1.12 bits per heavy atom. The van der Waals surface area contributed by atoms with Crippen LogP contribution in [0.5, 0.6) is 5.75 Å². The number of piperazine rings is 1. The molecule has 2 aliphatic rings. The molecular weight excluding hydrogens is 690 g/mol. The lowest BCUT2D eigenvalue weighted by molar-refractivity contribution is 0.0610. The molecule has 0 radical (unpaired) electrons. The number of benzene rings is 2. The van der Waals surface area contributed by atoms with Crippen LogP contribution in [0.15, 0.2) is 66.4 Å². The van der Waals surface area contributed by atoms with E-state index in [1.807, 2.05) is 50.2 Å². The number of nitrogens with one attached hydrogen (secondary N) is 2. The van der Waals surface area contributed by atoms with Crippen molar-refractivity contribution in [3.05, 3.63) is 93.3 Å². The number of thiazole rings is 1.